The summed E-state index contributed by atoms with van der Waals surface area (Å²) < 4.78 is 0. The first-order valence-corrected chi connectivity index (χ1v) is 7.81. The number of rotatable bonds is 0. The number of hydrogen-bond donors (Lipinski definition) is 0. The number of carbonyl (C=O) groups excluding carboxylic acids is 1. The maximum Gasteiger partial charge on any atom is 0.320 e. The molecule has 2 amide bonds. The van der Waals surface area contributed by atoms with Gasteiger partial charge in [-0.05, 0) is 25.7 Å². The van der Waals surface area contributed by atoms with E-state index < -0.39 is 0 Å². The van der Waals surface area contributed by atoms with E-state index in [0.29, 0.717) is 11.3 Å². The molecule has 0 aliphatic carbocycles. The van der Waals surface area contributed by atoms with Crippen LogP contribution < -0.4 is 0 Å². The van der Waals surface area contributed by atoms with Gasteiger partial charge in [-0.2, -0.15) is 11.8 Å². The van der Waals surface area contributed by atoms with Crippen LogP contribution in [0.5, 0.6) is 0 Å². The van der Waals surface area contributed by atoms with E-state index in [-0.39, 0.29) is 6.03 Å². The second-order valence-electron chi connectivity index (χ2n) is 5.46. The summed E-state index contributed by atoms with van der Waals surface area (Å²) in [6.45, 7) is 9.51. The third-order valence-corrected chi connectivity index (χ3v) is 5.52. The summed E-state index contributed by atoms with van der Waals surface area (Å²) in [5.74, 6) is 1.87. The Labute approximate surface area is 109 Å². The maximum absolute atomic E-state index is 12.5. The van der Waals surface area contributed by atoms with Crippen LogP contribution in [-0.2, 0) is 0 Å². The van der Waals surface area contributed by atoms with Gasteiger partial charge in [0.2, 0.25) is 0 Å². The molecule has 2 aliphatic heterocycles. The molecule has 2 aliphatic rings. The van der Waals surface area contributed by atoms with E-state index in [9.17, 15) is 4.79 Å². The molecule has 0 saturated carbocycles. The van der Waals surface area contributed by atoms with Gasteiger partial charge >= 0.3 is 6.03 Å². The summed E-state index contributed by atoms with van der Waals surface area (Å²) in [5.41, 5.74) is 0. The largest absolute Gasteiger partial charge is 0.325 e. The van der Waals surface area contributed by atoms with E-state index >= 15 is 0 Å². The van der Waals surface area contributed by atoms with Crippen LogP contribution in [0.1, 0.15) is 33.6 Å². The van der Waals surface area contributed by atoms with Crippen LogP contribution in [0.4, 0.5) is 4.79 Å². The van der Waals surface area contributed by atoms with Crippen LogP contribution in [0.15, 0.2) is 0 Å². The molecular weight excluding hydrogens is 232 g/mol. The first-order valence-electron chi connectivity index (χ1n) is 6.76. The van der Waals surface area contributed by atoms with Crippen molar-refractivity contribution in [2.24, 2.45) is 5.92 Å². The third kappa shape index (κ3) is 2.90. The zero-order chi connectivity index (χ0) is 12.4. The van der Waals surface area contributed by atoms with Gasteiger partial charge in [0.05, 0.1) is 0 Å². The molecule has 98 valence electrons. The highest BCUT2D eigenvalue weighted by Crippen LogP contribution is 2.26. The Bertz CT molecular complexity index is 277. The Morgan fingerprint density at radius 3 is 2.41 bits per heavy atom. The normalized spacial score (nSPS) is 31.7. The van der Waals surface area contributed by atoms with Crippen LogP contribution in [0.3, 0.4) is 0 Å². The van der Waals surface area contributed by atoms with Gasteiger partial charge in [0.15, 0.2) is 0 Å². The van der Waals surface area contributed by atoms with Gasteiger partial charge in [0.1, 0.15) is 0 Å². The van der Waals surface area contributed by atoms with Crippen molar-refractivity contribution >= 4 is 17.8 Å². The summed E-state index contributed by atoms with van der Waals surface area (Å²) in [6, 6.07) is 0.650. The summed E-state index contributed by atoms with van der Waals surface area (Å²) in [4.78, 5) is 16.6. The molecule has 17 heavy (non-hydrogen) atoms. The molecular formula is C13H24N2OS. The lowest BCUT2D eigenvalue weighted by Gasteiger charge is -2.41. The molecule has 3 nitrogen and oxygen atoms in total. The number of amides is 2. The summed E-state index contributed by atoms with van der Waals surface area (Å²) in [7, 11) is 0. The molecule has 0 N–H and O–H groups in total. The minimum Gasteiger partial charge on any atom is -0.325 e. The predicted octanol–water partition coefficient (Wildman–Crippen LogP) is 2.66. The number of nitrogens with zero attached hydrogens (tertiary/aromatic N) is 2. The molecule has 2 rings (SSSR count). The fraction of sp³-hybridized carbons (Fsp3) is 0.923. The van der Waals surface area contributed by atoms with E-state index in [1.165, 1.54) is 0 Å². The maximum atomic E-state index is 12.5. The second kappa shape index (κ2) is 5.51. The average molecular weight is 256 g/mol. The number of urea groups is 1. The average Bonchev–Trinajstić information content (AvgIpc) is 2.33. The molecule has 4 heteroatoms. The number of piperidine rings is 1. The van der Waals surface area contributed by atoms with Crippen molar-refractivity contribution in [1.82, 2.24) is 9.80 Å². The SMILES string of the molecule is CC1CCN(C(=O)N2CCSC(C)C2C)CC1. The fourth-order valence-corrected chi connectivity index (χ4v) is 3.68. The van der Waals surface area contributed by atoms with Crippen LogP contribution in [0.2, 0.25) is 0 Å². The first-order chi connectivity index (χ1) is 8.09. The van der Waals surface area contributed by atoms with Crippen molar-refractivity contribution in [2.75, 3.05) is 25.4 Å². The number of hydrogen-bond acceptors (Lipinski definition) is 2. The monoisotopic (exact) mass is 256 g/mol. The van der Waals surface area contributed by atoms with Crippen LogP contribution in [0.25, 0.3) is 0 Å². The minimum atomic E-state index is 0.275. The fourth-order valence-electron chi connectivity index (χ4n) is 2.58. The molecule has 0 aromatic heterocycles. The summed E-state index contributed by atoms with van der Waals surface area (Å²) in [5, 5.41) is 0.566. The number of carbonyl (C=O) groups is 1. The van der Waals surface area contributed by atoms with E-state index in [0.717, 1.165) is 44.1 Å². The molecule has 2 heterocycles. The van der Waals surface area contributed by atoms with Crippen LogP contribution in [-0.4, -0.2) is 52.5 Å². The minimum absolute atomic E-state index is 0.275. The van der Waals surface area contributed by atoms with Crippen molar-refractivity contribution in [1.29, 1.82) is 0 Å². The van der Waals surface area contributed by atoms with Gasteiger partial charge in [-0.25, -0.2) is 4.79 Å². The van der Waals surface area contributed by atoms with E-state index in [1.54, 1.807) is 0 Å². The van der Waals surface area contributed by atoms with Gasteiger partial charge in [0.25, 0.3) is 0 Å². The molecule has 0 radical (unpaired) electrons. The van der Waals surface area contributed by atoms with Crippen LogP contribution >= 0.6 is 11.8 Å². The molecule has 0 aromatic carbocycles. The Hall–Kier alpha value is -0.380. The van der Waals surface area contributed by atoms with Gasteiger partial charge in [-0.1, -0.05) is 13.8 Å². The van der Waals surface area contributed by atoms with Crippen molar-refractivity contribution < 1.29 is 4.79 Å². The lowest BCUT2D eigenvalue weighted by Crippen LogP contribution is -2.54. The van der Waals surface area contributed by atoms with Crippen molar-refractivity contribution in [3.05, 3.63) is 0 Å². The highest BCUT2D eigenvalue weighted by atomic mass is 32.2. The first kappa shape index (κ1) is 13.1. The second-order valence-corrected chi connectivity index (χ2v) is 6.95. The van der Waals surface area contributed by atoms with E-state index in [2.05, 4.69) is 30.6 Å². The molecule has 0 aromatic rings. The standard InChI is InChI=1S/C13H24N2OS/c1-10-4-6-14(7-5-10)13(16)15-8-9-17-12(3)11(15)2/h10-12H,4-9H2,1-3H3. The predicted molar refractivity (Wildman–Crippen MR) is 73.5 cm³/mol. The topological polar surface area (TPSA) is 23.6 Å². The molecule has 0 bridgehead atoms. The molecule has 2 saturated heterocycles. The number of thioether (sulfide) groups is 1. The highest BCUT2D eigenvalue weighted by molar-refractivity contribution is 8.00. The number of likely N-dealkylation sites (tertiary alicyclic amines) is 1. The molecule has 2 fully saturated rings. The summed E-state index contributed by atoms with van der Waals surface area (Å²) >= 11 is 1.98. The van der Waals surface area contributed by atoms with Gasteiger partial charge in [-0.15, -0.1) is 0 Å². The highest BCUT2D eigenvalue weighted by Gasteiger charge is 2.32. The molecule has 0 spiro atoms. The third-order valence-electron chi connectivity index (χ3n) is 4.18. The molecule has 2 atom stereocenters. The lowest BCUT2D eigenvalue weighted by molar-refractivity contribution is 0.122. The van der Waals surface area contributed by atoms with Crippen molar-refractivity contribution in [2.45, 2.75) is 44.9 Å². The quantitative estimate of drug-likeness (QED) is 0.665. The Morgan fingerprint density at radius 1 is 1.12 bits per heavy atom. The van der Waals surface area contributed by atoms with Gasteiger partial charge in [0, 0.05) is 36.7 Å². The zero-order valence-electron chi connectivity index (χ0n) is 11.2. The Morgan fingerprint density at radius 2 is 1.76 bits per heavy atom. The van der Waals surface area contributed by atoms with E-state index in [1.807, 2.05) is 11.8 Å². The molecule has 2 unspecified atom stereocenters. The van der Waals surface area contributed by atoms with Crippen molar-refractivity contribution in [3.63, 3.8) is 0 Å². The van der Waals surface area contributed by atoms with Gasteiger partial charge < -0.3 is 9.80 Å². The van der Waals surface area contributed by atoms with Gasteiger partial charge in [-0.3, -0.25) is 0 Å². The van der Waals surface area contributed by atoms with Crippen molar-refractivity contribution in [3.8, 4) is 0 Å². The smallest absolute Gasteiger partial charge is 0.320 e. The Balaban J connectivity index is 1.94. The van der Waals surface area contributed by atoms with E-state index in [4.69, 9.17) is 0 Å². The summed E-state index contributed by atoms with van der Waals surface area (Å²) in [6.07, 6.45) is 2.33. The Kier molecular flexibility index (Phi) is 4.23. The van der Waals surface area contributed by atoms with Crippen LogP contribution in [0, 0.1) is 5.92 Å². The lowest BCUT2D eigenvalue weighted by atomic mass is 9.99. The zero-order valence-corrected chi connectivity index (χ0v) is 12.0.